The molecule has 24 heavy (non-hydrogen) atoms. The minimum atomic E-state index is -2.90. The van der Waals surface area contributed by atoms with Gasteiger partial charge in [-0.3, -0.25) is 9.59 Å². The van der Waals surface area contributed by atoms with Gasteiger partial charge in [-0.25, -0.2) is 13.8 Å². The minimum Gasteiger partial charge on any atom is -0.388 e. The molecule has 2 N–H and O–H groups in total. The molecule has 2 rings (SSSR count). The van der Waals surface area contributed by atoms with E-state index in [1.165, 1.54) is 5.38 Å². The molecular formula is C15H21F2N3O3S. The fourth-order valence-corrected chi connectivity index (χ4v) is 3.04. The molecular weight excluding hydrogens is 340 g/mol. The zero-order valence-electron chi connectivity index (χ0n) is 14.0. The first-order valence-electron chi connectivity index (χ1n) is 7.58. The summed E-state index contributed by atoms with van der Waals surface area (Å²) >= 11 is 0.959. The van der Waals surface area contributed by atoms with Gasteiger partial charge in [-0.05, 0) is 27.7 Å². The summed E-state index contributed by atoms with van der Waals surface area (Å²) in [5, 5.41) is 13.9. The molecule has 1 aromatic heterocycles. The number of amides is 2. The number of likely N-dealkylation sites (tertiary alicyclic amines) is 1. The summed E-state index contributed by atoms with van der Waals surface area (Å²) in [4.78, 5) is 29.5. The number of alkyl halides is 2. The Hall–Kier alpha value is -1.61. The molecule has 0 aliphatic carbocycles. The van der Waals surface area contributed by atoms with Crippen molar-refractivity contribution < 1.29 is 23.5 Å². The molecule has 2 atom stereocenters. The summed E-state index contributed by atoms with van der Waals surface area (Å²) < 4.78 is 26.8. The highest BCUT2D eigenvalue weighted by Gasteiger charge is 2.45. The maximum absolute atomic E-state index is 13.4. The van der Waals surface area contributed by atoms with Gasteiger partial charge in [0.05, 0.1) is 18.2 Å². The normalized spacial score (nSPS) is 21.6. The number of hydrogen-bond acceptors (Lipinski definition) is 5. The van der Waals surface area contributed by atoms with Crippen molar-refractivity contribution in [2.75, 3.05) is 6.54 Å². The van der Waals surface area contributed by atoms with E-state index in [1.807, 2.05) is 0 Å². The lowest BCUT2D eigenvalue weighted by Crippen LogP contribution is -2.47. The SMILES string of the molecule is CC1CC(F)(F)CN1C(=O)c1csc(C(=O)NC(C)C(C)(C)O)n1. The molecule has 0 bridgehead atoms. The molecule has 1 aliphatic heterocycles. The van der Waals surface area contributed by atoms with Crippen LogP contribution in [-0.2, 0) is 0 Å². The molecule has 134 valence electrons. The molecule has 0 spiro atoms. The third-order valence-corrected chi connectivity index (χ3v) is 4.95. The number of carbonyl (C=O) groups is 2. The molecule has 2 unspecified atom stereocenters. The Morgan fingerprint density at radius 2 is 2.17 bits per heavy atom. The fraction of sp³-hybridized carbons (Fsp3) is 0.667. The van der Waals surface area contributed by atoms with Crippen LogP contribution in [0.3, 0.4) is 0 Å². The minimum absolute atomic E-state index is 0.0226. The highest BCUT2D eigenvalue weighted by atomic mass is 32.1. The standard InChI is InChI=1S/C15H21F2N3O3S/c1-8-5-15(16,17)7-20(8)13(22)10-6-24-12(19-10)11(21)18-9(2)14(3,4)23/h6,8-9,23H,5,7H2,1-4H3,(H,18,21). The first-order chi connectivity index (χ1) is 10.9. The van der Waals surface area contributed by atoms with Crippen molar-refractivity contribution in [3.8, 4) is 0 Å². The highest BCUT2D eigenvalue weighted by molar-refractivity contribution is 7.11. The maximum atomic E-state index is 13.4. The number of nitrogens with zero attached hydrogens (tertiary/aromatic N) is 2. The Morgan fingerprint density at radius 1 is 1.54 bits per heavy atom. The van der Waals surface area contributed by atoms with Crippen molar-refractivity contribution in [1.29, 1.82) is 0 Å². The van der Waals surface area contributed by atoms with E-state index in [1.54, 1.807) is 27.7 Å². The Balaban J connectivity index is 2.08. The van der Waals surface area contributed by atoms with E-state index < -0.39 is 42.0 Å². The molecule has 2 heterocycles. The Morgan fingerprint density at radius 3 is 2.67 bits per heavy atom. The van der Waals surface area contributed by atoms with Crippen molar-refractivity contribution >= 4 is 23.2 Å². The molecule has 0 radical (unpaired) electrons. The van der Waals surface area contributed by atoms with E-state index in [0.29, 0.717) is 0 Å². The quantitative estimate of drug-likeness (QED) is 0.858. The van der Waals surface area contributed by atoms with Crippen LogP contribution in [0.2, 0.25) is 0 Å². The number of aliphatic hydroxyl groups is 1. The third-order valence-electron chi connectivity index (χ3n) is 4.11. The number of halogens is 2. The first kappa shape index (κ1) is 18.7. The molecule has 0 saturated carbocycles. The van der Waals surface area contributed by atoms with Crippen molar-refractivity contribution in [3.05, 3.63) is 16.1 Å². The predicted molar refractivity (Wildman–Crippen MR) is 85.4 cm³/mol. The molecule has 1 saturated heterocycles. The predicted octanol–water partition coefficient (Wildman–Crippen LogP) is 1.90. The van der Waals surface area contributed by atoms with Crippen molar-refractivity contribution in [2.24, 2.45) is 0 Å². The zero-order valence-corrected chi connectivity index (χ0v) is 14.8. The summed E-state index contributed by atoms with van der Waals surface area (Å²) in [7, 11) is 0. The second-order valence-corrected chi connectivity index (χ2v) is 7.59. The van der Waals surface area contributed by atoms with Crippen molar-refractivity contribution in [1.82, 2.24) is 15.2 Å². The average molecular weight is 361 g/mol. The Bertz CT molecular complexity index is 642. The molecule has 6 nitrogen and oxygen atoms in total. The van der Waals surface area contributed by atoms with Gasteiger partial charge >= 0.3 is 0 Å². The molecule has 1 aromatic rings. The second kappa shape index (κ2) is 6.36. The fourth-order valence-electron chi connectivity index (χ4n) is 2.34. The van der Waals surface area contributed by atoms with Crippen LogP contribution in [0.1, 0.15) is 54.4 Å². The van der Waals surface area contributed by atoms with Gasteiger partial charge in [-0.15, -0.1) is 11.3 Å². The van der Waals surface area contributed by atoms with E-state index in [-0.39, 0.29) is 17.1 Å². The first-order valence-corrected chi connectivity index (χ1v) is 8.46. The van der Waals surface area contributed by atoms with E-state index >= 15 is 0 Å². The summed E-state index contributed by atoms with van der Waals surface area (Å²) in [5.41, 5.74) is -1.13. The van der Waals surface area contributed by atoms with Gasteiger partial charge in [0.25, 0.3) is 17.7 Å². The topological polar surface area (TPSA) is 82.5 Å². The van der Waals surface area contributed by atoms with Gasteiger partial charge in [0.2, 0.25) is 0 Å². The van der Waals surface area contributed by atoms with Crippen LogP contribution in [0.5, 0.6) is 0 Å². The molecule has 0 aromatic carbocycles. The van der Waals surface area contributed by atoms with Gasteiger partial charge in [-0.2, -0.15) is 0 Å². The van der Waals surface area contributed by atoms with Gasteiger partial charge in [0.1, 0.15) is 5.69 Å². The lowest BCUT2D eigenvalue weighted by molar-refractivity contribution is 0.0117. The maximum Gasteiger partial charge on any atom is 0.280 e. The lowest BCUT2D eigenvalue weighted by Gasteiger charge is -2.26. The van der Waals surface area contributed by atoms with Crippen LogP contribution < -0.4 is 5.32 Å². The van der Waals surface area contributed by atoms with Gasteiger partial charge in [0, 0.05) is 17.8 Å². The lowest BCUT2D eigenvalue weighted by atomic mass is 10.0. The van der Waals surface area contributed by atoms with Crippen molar-refractivity contribution in [2.45, 2.75) is 57.7 Å². The Kier molecular flexibility index (Phi) is 4.96. The van der Waals surface area contributed by atoms with Crippen molar-refractivity contribution in [3.63, 3.8) is 0 Å². The summed E-state index contributed by atoms with van der Waals surface area (Å²) in [6.45, 7) is 5.69. The number of carbonyl (C=O) groups excluding carboxylic acids is 2. The zero-order chi connectivity index (χ0) is 18.3. The number of hydrogen-bond donors (Lipinski definition) is 2. The summed E-state index contributed by atoms with van der Waals surface area (Å²) in [6.07, 6.45) is -0.376. The van der Waals surface area contributed by atoms with Crippen LogP contribution in [0.4, 0.5) is 8.78 Å². The van der Waals surface area contributed by atoms with E-state index in [9.17, 15) is 23.5 Å². The van der Waals surface area contributed by atoms with Crippen LogP contribution >= 0.6 is 11.3 Å². The largest absolute Gasteiger partial charge is 0.388 e. The molecule has 9 heteroatoms. The van der Waals surface area contributed by atoms with E-state index in [0.717, 1.165) is 16.2 Å². The molecule has 2 amide bonds. The van der Waals surface area contributed by atoms with Crippen LogP contribution in [0.25, 0.3) is 0 Å². The van der Waals surface area contributed by atoms with Gasteiger partial charge in [0.15, 0.2) is 5.01 Å². The van der Waals surface area contributed by atoms with E-state index in [4.69, 9.17) is 0 Å². The number of thiazole rings is 1. The number of rotatable bonds is 4. The third kappa shape index (κ3) is 4.07. The summed E-state index contributed by atoms with van der Waals surface area (Å²) in [6, 6.07) is -1.10. The number of aromatic nitrogens is 1. The highest BCUT2D eigenvalue weighted by Crippen LogP contribution is 2.32. The molecule has 1 fully saturated rings. The number of nitrogens with one attached hydrogen (secondary N) is 1. The van der Waals surface area contributed by atoms with Gasteiger partial charge in [-0.1, -0.05) is 0 Å². The smallest absolute Gasteiger partial charge is 0.280 e. The Labute approximate surface area is 142 Å². The average Bonchev–Trinajstić information content (AvgIpc) is 3.01. The van der Waals surface area contributed by atoms with Gasteiger partial charge < -0.3 is 15.3 Å². The monoisotopic (exact) mass is 361 g/mol. The summed E-state index contributed by atoms with van der Waals surface area (Å²) in [5.74, 6) is -4.02. The second-order valence-electron chi connectivity index (χ2n) is 6.73. The van der Waals surface area contributed by atoms with Crippen LogP contribution in [-0.4, -0.2) is 57.0 Å². The van der Waals surface area contributed by atoms with Crippen LogP contribution in [0.15, 0.2) is 5.38 Å². The molecule has 1 aliphatic rings. The van der Waals surface area contributed by atoms with Crippen LogP contribution in [0, 0.1) is 0 Å². The van der Waals surface area contributed by atoms with E-state index in [2.05, 4.69) is 10.3 Å².